The fourth-order valence-corrected chi connectivity index (χ4v) is 4.49. The molecule has 0 unspecified atom stereocenters. The van der Waals surface area contributed by atoms with Crippen LogP contribution in [0.5, 0.6) is 0 Å². The van der Waals surface area contributed by atoms with Gasteiger partial charge in [-0.1, -0.05) is 41.4 Å². The molecule has 1 heterocycles. The number of halogens is 2. The van der Waals surface area contributed by atoms with E-state index in [0.29, 0.717) is 36.2 Å². The highest BCUT2D eigenvalue weighted by Gasteiger charge is 2.28. The second kappa shape index (κ2) is 6.69. The molecule has 3 rings (SSSR count). The van der Waals surface area contributed by atoms with E-state index >= 15 is 0 Å². The molecule has 0 saturated carbocycles. The average molecular weight is 370 g/mol. The molecule has 0 atom stereocenters. The summed E-state index contributed by atoms with van der Waals surface area (Å²) in [4.78, 5) is 2.29. The molecule has 1 aliphatic heterocycles. The molecule has 0 aliphatic carbocycles. The van der Waals surface area contributed by atoms with Gasteiger partial charge in [-0.25, -0.2) is 8.42 Å². The van der Waals surface area contributed by atoms with Crippen molar-refractivity contribution in [2.75, 3.05) is 31.1 Å². The number of anilines is 1. The van der Waals surface area contributed by atoms with Gasteiger partial charge in [-0.3, -0.25) is 0 Å². The van der Waals surface area contributed by atoms with Crippen molar-refractivity contribution in [1.29, 1.82) is 0 Å². The molecule has 0 bridgehead atoms. The zero-order valence-electron chi connectivity index (χ0n) is 12.2. The van der Waals surface area contributed by atoms with Crippen molar-refractivity contribution >= 4 is 38.9 Å². The first-order valence-corrected chi connectivity index (χ1v) is 9.34. The van der Waals surface area contributed by atoms with Gasteiger partial charge in [0, 0.05) is 48.0 Å². The SMILES string of the molecule is O=S(=O)(c1[c]cccc1)N1CCN(c2cc(Cl)cc(Cl)c2)CC1. The second-order valence-corrected chi connectivity index (χ2v) is 8.02. The first-order chi connectivity index (χ1) is 11.0. The predicted octanol–water partition coefficient (Wildman–Crippen LogP) is 3.30. The third-order valence-electron chi connectivity index (χ3n) is 3.75. The van der Waals surface area contributed by atoms with Gasteiger partial charge in [-0.2, -0.15) is 4.31 Å². The Morgan fingerprint density at radius 1 is 0.957 bits per heavy atom. The lowest BCUT2D eigenvalue weighted by Gasteiger charge is -2.35. The summed E-state index contributed by atoms with van der Waals surface area (Å²) in [7, 11) is -3.48. The van der Waals surface area contributed by atoms with Gasteiger partial charge >= 0.3 is 0 Å². The Bertz CT molecular complexity index is 769. The number of nitrogens with zero attached hydrogens (tertiary/aromatic N) is 2. The first-order valence-electron chi connectivity index (χ1n) is 7.15. The molecule has 0 aromatic heterocycles. The van der Waals surface area contributed by atoms with Crippen molar-refractivity contribution in [3.8, 4) is 0 Å². The summed E-state index contributed by atoms with van der Waals surface area (Å²) in [5, 5.41) is 1.14. The number of sulfonamides is 1. The lowest BCUT2D eigenvalue weighted by atomic mass is 10.2. The quantitative estimate of drug-likeness (QED) is 0.833. The standard InChI is InChI=1S/C16H15Cl2N2O2S/c17-13-10-14(18)12-15(11-13)19-6-8-20(9-7-19)23(21,22)16-4-2-1-3-5-16/h1-4,10-12H,6-9H2. The Kier molecular flexibility index (Phi) is 4.82. The average Bonchev–Trinajstić information content (AvgIpc) is 2.55. The number of rotatable bonds is 3. The third kappa shape index (κ3) is 3.63. The van der Waals surface area contributed by atoms with E-state index in [0.717, 1.165) is 5.69 Å². The minimum atomic E-state index is -3.48. The van der Waals surface area contributed by atoms with Crippen LogP contribution in [0, 0.1) is 6.07 Å². The van der Waals surface area contributed by atoms with Gasteiger partial charge in [0.2, 0.25) is 10.0 Å². The van der Waals surface area contributed by atoms with E-state index in [-0.39, 0.29) is 4.90 Å². The molecular formula is C16H15Cl2N2O2S. The smallest absolute Gasteiger partial charge is 0.243 e. The molecule has 1 saturated heterocycles. The first kappa shape index (κ1) is 16.6. The second-order valence-electron chi connectivity index (χ2n) is 5.25. The van der Waals surface area contributed by atoms with Crippen molar-refractivity contribution in [3.05, 3.63) is 58.6 Å². The number of hydrogen-bond acceptors (Lipinski definition) is 3. The van der Waals surface area contributed by atoms with Crippen molar-refractivity contribution < 1.29 is 8.42 Å². The van der Waals surface area contributed by atoms with E-state index in [9.17, 15) is 8.42 Å². The van der Waals surface area contributed by atoms with Crippen molar-refractivity contribution in [1.82, 2.24) is 4.31 Å². The van der Waals surface area contributed by atoms with Crippen molar-refractivity contribution in [3.63, 3.8) is 0 Å². The van der Waals surface area contributed by atoms with Crippen molar-refractivity contribution in [2.24, 2.45) is 0 Å². The van der Waals surface area contributed by atoms with Crippen LogP contribution in [-0.2, 0) is 10.0 Å². The summed E-state index contributed by atoms with van der Waals surface area (Å²) in [6.07, 6.45) is 0. The maximum absolute atomic E-state index is 12.6. The zero-order valence-corrected chi connectivity index (χ0v) is 14.6. The summed E-state index contributed by atoms with van der Waals surface area (Å²) < 4.78 is 26.6. The molecule has 1 aliphatic rings. The van der Waals surface area contributed by atoms with Crippen LogP contribution < -0.4 is 4.90 Å². The van der Waals surface area contributed by atoms with Crippen LogP contribution >= 0.6 is 23.2 Å². The predicted molar refractivity (Wildman–Crippen MR) is 92.7 cm³/mol. The van der Waals surface area contributed by atoms with Crippen LogP contribution in [0.25, 0.3) is 0 Å². The largest absolute Gasteiger partial charge is 0.369 e. The van der Waals surface area contributed by atoms with Crippen molar-refractivity contribution in [2.45, 2.75) is 4.90 Å². The molecule has 7 heteroatoms. The molecule has 0 spiro atoms. The van der Waals surface area contributed by atoms with Crippen LogP contribution in [0.15, 0.2) is 47.4 Å². The maximum atomic E-state index is 12.6. The molecular weight excluding hydrogens is 355 g/mol. The van der Waals surface area contributed by atoms with Crippen LogP contribution in [0.3, 0.4) is 0 Å². The number of benzene rings is 2. The third-order valence-corrected chi connectivity index (χ3v) is 6.04. The van der Waals surface area contributed by atoms with Crippen LogP contribution in [0.4, 0.5) is 5.69 Å². The summed E-state index contributed by atoms with van der Waals surface area (Å²) >= 11 is 12.1. The van der Waals surface area contributed by atoms with E-state index in [1.165, 1.54) is 4.31 Å². The lowest BCUT2D eigenvalue weighted by molar-refractivity contribution is 0.385. The highest BCUT2D eigenvalue weighted by atomic mass is 35.5. The van der Waals surface area contributed by atoms with E-state index < -0.39 is 10.0 Å². The van der Waals surface area contributed by atoms with E-state index in [2.05, 4.69) is 11.0 Å². The lowest BCUT2D eigenvalue weighted by Crippen LogP contribution is -2.48. The van der Waals surface area contributed by atoms with Gasteiger partial charge in [0.15, 0.2) is 0 Å². The van der Waals surface area contributed by atoms with Gasteiger partial charge < -0.3 is 4.90 Å². The van der Waals surface area contributed by atoms with Crippen LogP contribution in [0.1, 0.15) is 0 Å². The Hall–Kier alpha value is -1.27. The Balaban J connectivity index is 1.73. The van der Waals surface area contributed by atoms with Crippen LogP contribution in [-0.4, -0.2) is 38.9 Å². The van der Waals surface area contributed by atoms with Crippen LogP contribution in [0.2, 0.25) is 10.0 Å². The van der Waals surface area contributed by atoms with E-state index in [1.807, 2.05) is 12.1 Å². The molecule has 0 N–H and O–H groups in total. The fourth-order valence-electron chi connectivity index (χ4n) is 2.58. The summed E-state index contributed by atoms with van der Waals surface area (Å²) in [6, 6.07) is 14.8. The summed E-state index contributed by atoms with van der Waals surface area (Å²) in [5.74, 6) is 0. The highest BCUT2D eigenvalue weighted by molar-refractivity contribution is 7.89. The fraction of sp³-hybridized carbons (Fsp3) is 0.250. The number of hydrogen-bond donors (Lipinski definition) is 0. The Labute approximate surface area is 146 Å². The zero-order chi connectivity index (χ0) is 16.4. The normalized spacial score (nSPS) is 16.5. The highest BCUT2D eigenvalue weighted by Crippen LogP contribution is 2.27. The molecule has 1 fully saturated rings. The molecule has 0 amide bonds. The Morgan fingerprint density at radius 3 is 2.17 bits per heavy atom. The summed E-state index contributed by atoms with van der Waals surface area (Å²) in [5.41, 5.74) is 0.908. The molecule has 23 heavy (non-hydrogen) atoms. The molecule has 121 valence electrons. The molecule has 1 radical (unpaired) electrons. The van der Waals surface area contributed by atoms with Gasteiger partial charge in [0.25, 0.3) is 0 Å². The van der Waals surface area contributed by atoms with E-state index in [4.69, 9.17) is 23.2 Å². The van der Waals surface area contributed by atoms with E-state index in [1.54, 1.807) is 30.3 Å². The molecule has 2 aromatic carbocycles. The maximum Gasteiger partial charge on any atom is 0.243 e. The minimum absolute atomic E-state index is 0.208. The van der Waals surface area contributed by atoms with Gasteiger partial charge in [-0.15, -0.1) is 0 Å². The summed E-state index contributed by atoms with van der Waals surface area (Å²) in [6.45, 7) is 2.00. The molecule has 2 aromatic rings. The topological polar surface area (TPSA) is 40.6 Å². The number of piperazine rings is 1. The molecule has 4 nitrogen and oxygen atoms in total. The minimum Gasteiger partial charge on any atom is -0.369 e. The van der Waals surface area contributed by atoms with Gasteiger partial charge in [0.05, 0.1) is 4.90 Å². The monoisotopic (exact) mass is 369 g/mol. The van der Waals surface area contributed by atoms with Gasteiger partial charge in [-0.05, 0) is 24.3 Å². The van der Waals surface area contributed by atoms with Gasteiger partial charge in [0.1, 0.15) is 0 Å². The Morgan fingerprint density at radius 2 is 1.61 bits per heavy atom.